The lowest BCUT2D eigenvalue weighted by molar-refractivity contribution is -0.140. The van der Waals surface area contributed by atoms with Gasteiger partial charge in [-0.05, 0) is 24.3 Å². The van der Waals surface area contributed by atoms with E-state index < -0.39 is 17.8 Å². The molecule has 2 aromatic rings. The first-order chi connectivity index (χ1) is 8.91. The number of ether oxygens (including phenoxy) is 1. The predicted octanol–water partition coefficient (Wildman–Crippen LogP) is 2.68. The molecule has 0 saturated heterocycles. The zero-order chi connectivity index (χ0) is 14.0. The maximum Gasteiger partial charge on any atom is 0.434 e. The summed E-state index contributed by atoms with van der Waals surface area (Å²) in [7, 11) is 1.25. The van der Waals surface area contributed by atoms with E-state index in [1.165, 1.54) is 35.9 Å². The van der Waals surface area contributed by atoms with E-state index in [0.717, 1.165) is 12.5 Å². The van der Waals surface area contributed by atoms with Crippen LogP contribution < -0.4 is 0 Å². The SMILES string of the molecule is COC(=O)c1ccc(-n2cnc(C(F)(F)F)c2)cc1. The van der Waals surface area contributed by atoms with Gasteiger partial charge < -0.3 is 9.30 Å². The Kier molecular flexibility index (Phi) is 3.28. The standard InChI is InChI=1S/C12H9F3N2O2/c1-19-11(18)8-2-4-9(5-3-8)17-6-10(16-7-17)12(13,14)15/h2-7H,1H3. The minimum Gasteiger partial charge on any atom is -0.465 e. The number of aromatic nitrogens is 2. The van der Waals surface area contributed by atoms with E-state index in [4.69, 9.17) is 0 Å². The van der Waals surface area contributed by atoms with Gasteiger partial charge in [-0.25, -0.2) is 9.78 Å². The zero-order valence-electron chi connectivity index (χ0n) is 9.81. The van der Waals surface area contributed by atoms with Crippen LogP contribution in [0.5, 0.6) is 0 Å². The zero-order valence-corrected chi connectivity index (χ0v) is 9.81. The van der Waals surface area contributed by atoms with E-state index in [2.05, 4.69) is 9.72 Å². The third-order valence-electron chi connectivity index (χ3n) is 2.46. The van der Waals surface area contributed by atoms with Crippen molar-refractivity contribution in [1.29, 1.82) is 0 Å². The molecule has 100 valence electrons. The average Bonchev–Trinajstić information content (AvgIpc) is 2.87. The summed E-state index contributed by atoms with van der Waals surface area (Å²) < 4.78 is 42.9. The monoisotopic (exact) mass is 270 g/mol. The summed E-state index contributed by atoms with van der Waals surface area (Å²) in [6, 6.07) is 5.95. The summed E-state index contributed by atoms with van der Waals surface area (Å²) in [4.78, 5) is 14.5. The molecule has 0 radical (unpaired) electrons. The van der Waals surface area contributed by atoms with Gasteiger partial charge in [-0.1, -0.05) is 0 Å². The Morgan fingerprint density at radius 2 is 1.89 bits per heavy atom. The first-order valence-electron chi connectivity index (χ1n) is 5.22. The van der Waals surface area contributed by atoms with Crippen LogP contribution in [-0.4, -0.2) is 22.6 Å². The first-order valence-corrected chi connectivity index (χ1v) is 5.22. The Morgan fingerprint density at radius 1 is 1.26 bits per heavy atom. The fourth-order valence-corrected chi connectivity index (χ4v) is 1.50. The van der Waals surface area contributed by atoms with Crippen LogP contribution in [0.4, 0.5) is 13.2 Å². The second-order valence-corrected chi connectivity index (χ2v) is 3.70. The number of hydrogen-bond acceptors (Lipinski definition) is 3. The highest BCUT2D eigenvalue weighted by Crippen LogP contribution is 2.28. The molecule has 1 heterocycles. The van der Waals surface area contributed by atoms with Gasteiger partial charge in [0.1, 0.15) is 0 Å². The summed E-state index contributed by atoms with van der Waals surface area (Å²) in [6.45, 7) is 0. The van der Waals surface area contributed by atoms with Gasteiger partial charge in [0.25, 0.3) is 0 Å². The molecule has 0 aliphatic carbocycles. The molecule has 4 nitrogen and oxygen atoms in total. The Morgan fingerprint density at radius 3 is 2.37 bits per heavy atom. The fourth-order valence-electron chi connectivity index (χ4n) is 1.50. The lowest BCUT2D eigenvalue weighted by Crippen LogP contribution is -2.05. The van der Waals surface area contributed by atoms with E-state index in [1.54, 1.807) is 0 Å². The molecular weight excluding hydrogens is 261 g/mol. The smallest absolute Gasteiger partial charge is 0.434 e. The predicted molar refractivity (Wildman–Crippen MR) is 59.9 cm³/mol. The molecule has 0 atom stereocenters. The van der Waals surface area contributed by atoms with Crippen LogP contribution in [0.15, 0.2) is 36.8 Å². The van der Waals surface area contributed by atoms with E-state index in [-0.39, 0.29) is 0 Å². The highest BCUT2D eigenvalue weighted by Gasteiger charge is 2.33. The summed E-state index contributed by atoms with van der Waals surface area (Å²) >= 11 is 0. The van der Waals surface area contributed by atoms with Crippen LogP contribution in [-0.2, 0) is 10.9 Å². The number of hydrogen-bond donors (Lipinski definition) is 0. The van der Waals surface area contributed by atoms with Gasteiger partial charge in [-0.2, -0.15) is 13.2 Å². The van der Waals surface area contributed by atoms with Crippen molar-refractivity contribution in [1.82, 2.24) is 9.55 Å². The highest BCUT2D eigenvalue weighted by atomic mass is 19.4. The van der Waals surface area contributed by atoms with Crippen molar-refractivity contribution in [2.45, 2.75) is 6.18 Å². The molecule has 0 unspecified atom stereocenters. The number of benzene rings is 1. The lowest BCUT2D eigenvalue weighted by Gasteiger charge is -2.04. The molecule has 0 fully saturated rings. The molecule has 7 heteroatoms. The van der Waals surface area contributed by atoms with Crippen LogP contribution in [0.2, 0.25) is 0 Å². The second kappa shape index (κ2) is 4.75. The molecule has 0 spiro atoms. The van der Waals surface area contributed by atoms with Gasteiger partial charge in [-0.3, -0.25) is 0 Å². The fraction of sp³-hybridized carbons (Fsp3) is 0.167. The molecule has 1 aromatic carbocycles. The molecular formula is C12H9F3N2O2. The molecule has 19 heavy (non-hydrogen) atoms. The minimum atomic E-state index is -4.47. The number of carbonyl (C=O) groups excluding carboxylic acids is 1. The van der Waals surface area contributed by atoms with Gasteiger partial charge >= 0.3 is 12.1 Å². The van der Waals surface area contributed by atoms with Crippen molar-refractivity contribution in [3.8, 4) is 5.69 Å². The van der Waals surface area contributed by atoms with E-state index in [0.29, 0.717) is 11.3 Å². The van der Waals surface area contributed by atoms with E-state index in [9.17, 15) is 18.0 Å². The number of alkyl halides is 3. The van der Waals surface area contributed by atoms with E-state index in [1.807, 2.05) is 0 Å². The summed E-state index contributed by atoms with van der Waals surface area (Å²) in [5.74, 6) is -0.506. The summed E-state index contributed by atoms with van der Waals surface area (Å²) in [6.07, 6.45) is -2.53. The largest absolute Gasteiger partial charge is 0.465 e. The molecule has 0 amide bonds. The number of rotatable bonds is 2. The van der Waals surface area contributed by atoms with Crippen LogP contribution >= 0.6 is 0 Å². The molecule has 1 aromatic heterocycles. The minimum absolute atomic E-state index is 0.322. The quantitative estimate of drug-likeness (QED) is 0.788. The Balaban J connectivity index is 2.28. The number of nitrogens with zero attached hydrogens (tertiary/aromatic N) is 2. The maximum atomic E-state index is 12.4. The van der Waals surface area contributed by atoms with Crippen molar-refractivity contribution < 1.29 is 22.7 Å². The Labute approximate surface area is 106 Å². The third kappa shape index (κ3) is 2.75. The van der Waals surface area contributed by atoms with E-state index >= 15 is 0 Å². The van der Waals surface area contributed by atoms with Gasteiger partial charge in [0.2, 0.25) is 0 Å². The number of methoxy groups -OCH3 is 1. The Hall–Kier alpha value is -2.31. The van der Waals surface area contributed by atoms with Gasteiger partial charge in [0.05, 0.1) is 19.0 Å². The van der Waals surface area contributed by atoms with Crippen molar-refractivity contribution >= 4 is 5.97 Å². The summed E-state index contributed by atoms with van der Waals surface area (Å²) in [5, 5.41) is 0. The van der Waals surface area contributed by atoms with Crippen LogP contribution in [0.25, 0.3) is 5.69 Å². The number of halogens is 3. The Bertz CT molecular complexity index is 588. The normalized spacial score (nSPS) is 11.4. The van der Waals surface area contributed by atoms with Crippen LogP contribution in [0.3, 0.4) is 0 Å². The van der Waals surface area contributed by atoms with Crippen molar-refractivity contribution in [3.63, 3.8) is 0 Å². The molecule has 0 aliphatic heterocycles. The number of imidazole rings is 1. The van der Waals surface area contributed by atoms with Crippen molar-refractivity contribution in [2.75, 3.05) is 7.11 Å². The second-order valence-electron chi connectivity index (χ2n) is 3.70. The average molecular weight is 270 g/mol. The lowest BCUT2D eigenvalue weighted by atomic mass is 10.2. The van der Waals surface area contributed by atoms with Crippen LogP contribution in [0.1, 0.15) is 16.1 Å². The van der Waals surface area contributed by atoms with Crippen LogP contribution in [0, 0.1) is 0 Å². The maximum absolute atomic E-state index is 12.4. The van der Waals surface area contributed by atoms with Crippen molar-refractivity contribution in [2.24, 2.45) is 0 Å². The first kappa shape index (κ1) is 13.1. The number of esters is 1. The topological polar surface area (TPSA) is 44.1 Å². The molecule has 0 N–H and O–H groups in total. The third-order valence-corrected chi connectivity index (χ3v) is 2.46. The highest BCUT2D eigenvalue weighted by molar-refractivity contribution is 5.89. The molecule has 0 saturated carbocycles. The summed E-state index contributed by atoms with van der Waals surface area (Å²) in [5.41, 5.74) is -0.178. The van der Waals surface area contributed by atoms with Gasteiger partial charge in [0.15, 0.2) is 5.69 Å². The molecule has 0 aliphatic rings. The van der Waals surface area contributed by atoms with Gasteiger partial charge in [-0.15, -0.1) is 0 Å². The molecule has 0 bridgehead atoms. The van der Waals surface area contributed by atoms with Crippen molar-refractivity contribution in [3.05, 3.63) is 48.0 Å². The molecule has 2 rings (SSSR count). The number of carbonyl (C=O) groups is 1. The van der Waals surface area contributed by atoms with Gasteiger partial charge in [0, 0.05) is 11.9 Å².